The average molecular weight is 314 g/mol. The molecule has 1 aromatic heterocycles. The molecule has 0 aromatic carbocycles. The minimum absolute atomic E-state index is 0.119. The van der Waals surface area contributed by atoms with Crippen LogP contribution in [0.15, 0.2) is 11.4 Å². The zero-order valence-corrected chi connectivity index (χ0v) is 13.6. The Hall–Kier alpha value is -0.880. The number of carbonyl (C=O) groups excluding carboxylic acids is 1. The van der Waals surface area contributed by atoms with Crippen LogP contribution in [0, 0.1) is 0 Å². The molecule has 3 atom stereocenters. The third-order valence-corrected chi connectivity index (χ3v) is 6.13. The smallest absolute Gasteiger partial charge is 0.315 e. The van der Waals surface area contributed by atoms with Gasteiger partial charge in [0.1, 0.15) is 0 Å². The summed E-state index contributed by atoms with van der Waals surface area (Å²) in [7, 11) is -0.826. The Morgan fingerprint density at radius 2 is 2.40 bits per heavy atom. The van der Waals surface area contributed by atoms with Gasteiger partial charge in [-0.15, -0.1) is 11.3 Å². The maximum Gasteiger partial charge on any atom is 0.315 e. The molecule has 20 heavy (non-hydrogen) atoms. The van der Waals surface area contributed by atoms with Gasteiger partial charge >= 0.3 is 6.03 Å². The van der Waals surface area contributed by atoms with E-state index in [1.54, 1.807) is 17.6 Å². The lowest BCUT2D eigenvalue weighted by atomic mass is 9.94. The van der Waals surface area contributed by atoms with Gasteiger partial charge in [0, 0.05) is 33.7 Å². The van der Waals surface area contributed by atoms with Crippen LogP contribution in [0.5, 0.6) is 0 Å². The summed E-state index contributed by atoms with van der Waals surface area (Å²) in [6, 6.07) is 2.14. The third-order valence-electron chi connectivity index (χ3n) is 3.76. The molecule has 2 rings (SSSR count). The topological polar surface area (TPSA) is 58.2 Å². The zero-order chi connectivity index (χ0) is 14.5. The maximum atomic E-state index is 11.9. The largest absolute Gasteiger partial charge is 0.338 e. The summed E-state index contributed by atoms with van der Waals surface area (Å²) in [5, 5.41) is 8.12. The molecular formula is C14H22N2O2S2. The number of hydrogen-bond acceptors (Lipinski definition) is 3. The van der Waals surface area contributed by atoms with Crippen molar-refractivity contribution in [2.45, 2.75) is 43.9 Å². The van der Waals surface area contributed by atoms with Crippen molar-refractivity contribution in [1.29, 1.82) is 0 Å². The summed E-state index contributed by atoms with van der Waals surface area (Å²) >= 11 is 1.78. The number of urea groups is 1. The molecule has 0 fully saturated rings. The minimum atomic E-state index is -0.826. The number of rotatable bonds is 5. The number of thiophene rings is 1. The van der Waals surface area contributed by atoms with Gasteiger partial charge in [-0.3, -0.25) is 4.21 Å². The molecule has 4 nitrogen and oxygen atoms in total. The first-order valence-electron chi connectivity index (χ1n) is 7.00. The van der Waals surface area contributed by atoms with Gasteiger partial charge in [0.2, 0.25) is 0 Å². The normalized spacial score (nSPS) is 20.8. The van der Waals surface area contributed by atoms with E-state index < -0.39 is 10.8 Å². The molecule has 0 saturated heterocycles. The van der Waals surface area contributed by atoms with Crippen LogP contribution in [0.25, 0.3) is 0 Å². The highest BCUT2D eigenvalue weighted by atomic mass is 32.2. The van der Waals surface area contributed by atoms with E-state index in [-0.39, 0.29) is 17.3 Å². The molecule has 1 aliphatic rings. The van der Waals surface area contributed by atoms with E-state index in [9.17, 15) is 9.00 Å². The van der Waals surface area contributed by atoms with Crippen LogP contribution in [-0.4, -0.2) is 28.3 Å². The Kier molecular flexibility index (Phi) is 5.60. The molecular weight excluding hydrogens is 292 g/mol. The lowest BCUT2D eigenvalue weighted by Crippen LogP contribution is -2.39. The number of amides is 2. The van der Waals surface area contributed by atoms with Crippen molar-refractivity contribution in [3.8, 4) is 0 Å². The van der Waals surface area contributed by atoms with Crippen LogP contribution < -0.4 is 10.6 Å². The zero-order valence-electron chi connectivity index (χ0n) is 12.0. The van der Waals surface area contributed by atoms with E-state index in [0.717, 1.165) is 25.7 Å². The van der Waals surface area contributed by atoms with Gasteiger partial charge in [0.25, 0.3) is 0 Å². The van der Waals surface area contributed by atoms with Gasteiger partial charge in [-0.25, -0.2) is 4.79 Å². The Morgan fingerprint density at radius 1 is 1.60 bits per heavy atom. The summed E-state index contributed by atoms with van der Waals surface area (Å²) in [5.41, 5.74) is 1.28. The standard InChI is InChI=1S/C14H22N2O2S2/c1-10(20(2)18)6-8-15-14(17)16-12-4-3-5-13-11(12)7-9-19-13/h7,9-10,12H,3-6,8H2,1-2H3,(H2,15,16,17)/t10-,12-,20+/m1/s1. The van der Waals surface area contributed by atoms with Gasteiger partial charge in [-0.05, 0) is 42.7 Å². The van der Waals surface area contributed by atoms with Crippen molar-refractivity contribution < 1.29 is 9.00 Å². The van der Waals surface area contributed by atoms with Gasteiger partial charge in [0.15, 0.2) is 0 Å². The number of carbonyl (C=O) groups is 1. The molecule has 0 unspecified atom stereocenters. The number of nitrogens with one attached hydrogen (secondary N) is 2. The van der Waals surface area contributed by atoms with Crippen LogP contribution in [-0.2, 0) is 17.2 Å². The quantitative estimate of drug-likeness (QED) is 0.877. The lowest BCUT2D eigenvalue weighted by Gasteiger charge is -2.24. The fourth-order valence-electron chi connectivity index (χ4n) is 2.40. The molecule has 0 radical (unpaired) electrons. The Bertz CT molecular complexity index is 487. The summed E-state index contributed by atoms with van der Waals surface area (Å²) in [6.07, 6.45) is 5.71. The van der Waals surface area contributed by atoms with E-state index in [0.29, 0.717) is 6.54 Å². The maximum absolute atomic E-state index is 11.9. The van der Waals surface area contributed by atoms with Crippen LogP contribution in [0.4, 0.5) is 4.79 Å². The molecule has 0 bridgehead atoms. The van der Waals surface area contributed by atoms with E-state index in [4.69, 9.17) is 0 Å². The second-order valence-electron chi connectivity index (χ2n) is 5.24. The van der Waals surface area contributed by atoms with E-state index in [1.165, 1.54) is 10.4 Å². The van der Waals surface area contributed by atoms with Gasteiger partial charge in [-0.2, -0.15) is 0 Å². The summed E-state index contributed by atoms with van der Waals surface area (Å²) in [4.78, 5) is 13.3. The number of aryl methyl sites for hydroxylation is 1. The van der Waals surface area contributed by atoms with E-state index in [2.05, 4.69) is 22.1 Å². The summed E-state index contributed by atoms with van der Waals surface area (Å²) in [6.45, 7) is 2.50. The molecule has 0 spiro atoms. The van der Waals surface area contributed by atoms with E-state index in [1.807, 2.05) is 6.92 Å². The fraction of sp³-hybridized carbons (Fsp3) is 0.643. The van der Waals surface area contributed by atoms with Crippen molar-refractivity contribution in [1.82, 2.24) is 10.6 Å². The number of hydrogen-bond donors (Lipinski definition) is 2. The van der Waals surface area contributed by atoms with Crippen LogP contribution in [0.1, 0.15) is 42.7 Å². The molecule has 0 aliphatic heterocycles. The number of fused-ring (bicyclic) bond motifs is 1. The molecule has 1 heterocycles. The predicted molar refractivity (Wildman–Crippen MR) is 84.7 cm³/mol. The molecule has 1 aliphatic carbocycles. The van der Waals surface area contributed by atoms with Gasteiger partial charge < -0.3 is 10.6 Å². The van der Waals surface area contributed by atoms with Crippen molar-refractivity contribution >= 4 is 28.2 Å². The van der Waals surface area contributed by atoms with Crippen molar-refractivity contribution in [2.24, 2.45) is 0 Å². The molecule has 1 aromatic rings. The van der Waals surface area contributed by atoms with Crippen molar-refractivity contribution in [2.75, 3.05) is 12.8 Å². The lowest BCUT2D eigenvalue weighted by molar-refractivity contribution is 0.235. The Labute approximate surface area is 126 Å². The first-order chi connectivity index (χ1) is 9.58. The average Bonchev–Trinajstić information content (AvgIpc) is 2.87. The SMILES string of the molecule is C[C@H](CCNC(=O)N[C@@H]1CCCc2sccc21)[S@](C)=O. The van der Waals surface area contributed by atoms with Crippen LogP contribution in [0.3, 0.4) is 0 Å². The molecule has 6 heteroatoms. The summed E-state index contributed by atoms with van der Waals surface area (Å²) in [5.74, 6) is 0. The van der Waals surface area contributed by atoms with Gasteiger partial charge in [0.05, 0.1) is 6.04 Å². The second kappa shape index (κ2) is 7.22. The van der Waals surface area contributed by atoms with Crippen LogP contribution in [0.2, 0.25) is 0 Å². The monoisotopic (exact) mass is 314 g/mol. The third kappa shape index (κ3) is 4.06. The molecule has 0 saturated carbocycles. The van der Waals surface area contributed by atoms with Crippen LogP contribution >= 0.6 is 11.3 Å². The van der Waals surface area contributed by atoms with Crippen molar-refractivity contribution in [3.63, 3.8) is 0 Å². The van der Waals surface area contributed by atoms with Crippen molar-refractivity contribution in [3.05, 3.63) is 21.9 Å². The van der Waals surface area contributed by atoms with Gasteiger partial charge in [-0.1, -0.05) is 6.92 Å². The highest BCUT2D eigenvalue weighted by Gasteiger charge is 2.22. The first kappa shape index (κ1) is 15.5. The van der Waals surface area contributed by atoms with E-state index >= 15 is 0 Å². The Balaban J connectivity index is 1.77. The minimum Gasteiger partial charge on any atom is -0.338 e. The first-order valence-corrected chi connectivity index (χ1v) is 9.51. The highest BCUT2D eigenvalue weighted by molar-refractivity contribution is 7.84. The highest BCUT2D eigenvalue weighted by Crippen LogP contribution is 2.33. The second-order valence-corrected chi connectivity index (χ2v) is 8.04. The predicted octanol–water partition coefficient (Wildman–Crippen LogP) is 2.58. The fourth-order valence-corrected chi connectivity index (χ4v) is 3.84. The molecule has 112 valence electrons. The summed E-state index contributed by atoms with van der Waals surface area (Å²) < 4.78 is 11.2. The molecule has 2 amide bonds. The molecule has 2 N–H and O–H groups in total. The Morgan fingerprint density at radius 3 is 3.15 bits per heavy atom.